The number of aromatic nitrogens is 1. The van der Waals surface area contributed by atoms with Crippen LogP contribution in [0.1, 0.15) is 26.2 Å². The summed E-state index contributed by atoms with van der Waals surface area (Å²) in [4.78, 5) is 18.0. The maximum absolute atomic E-state index is 11.5. The summed E-state index contributed by atoms with van der Waals surface area (Å²) >= 11 is 1.42. The van der Waals surface area contributed by atoms with Gasteiger partial charge in [-0.3, -0.25) is 5.32 Å². The number of nitrogens with one attached hydrogen (secondary N) is 2. The van der Waals surface area contributed by atoms with Crippen LogP contribution >= 0.6 is 11.3 Å². The van der Waals surface area contributed by atoms with Crippen LogP contribution in [-0.2, 0) is 0 Å². The van der Waals surface area contributed by atoms with Gasteiger partial charge in [-0.1, -0.05) is 6.92 Å². The number of likely N-dealkylation sites (tertiary alicyclic amines) is 1. The molecule has 2 N–H and O–H groups in total. The van der Waals surface area contributed by atoms with Crippen molar-refractivity contribution in [2.75, 3.05) is 31.5 Å². The van der Waals surface area contributed by atoms with Gasteiger partial charge in [0, 0.05) is 18.1 Å². The largest absolute Gasteiger partial charge is 0.338 e. The SMILES string of the molecule is CC1CCN(CCCNC(=O)Nc2nccs2)CC1. The first-order valence-electron chi connectivity index (χ1n) is 6.91. The number of urea groups is 1. The van der Waals surface area contributed by atoms with Crippen LogP contribution < -0.4 is 10.6 Å². The van der Waals surface area contributed by atoms with Gasteiger partial charge in [0.15, 0.2) is 5.13 Å². The number of carbonyl (C=O) groups excluding carboxylic acids is 1. The molecule has 0 bridgehead atoms. The van der Waals surface area contributed by atoms with E-state index in [2.05, 4.69) is 27.4 Å². The second kappa shape index (κ2) is 7.45. The lowest BCUT2D eigenvalue weighted by Gasteiger charge is -2.30. The van der Waals surface area contributed by atoms with Crippen molar-refractivity contribution in [3.8, 4) is 0 Å². The van der Waals surface area contributed by atoms with E-state index in [1.807, 2.05) is 5.38 Å². The van der Waals surface area contributed by atoms with Crippen LogP contribution in [-0.4, -0.2) is 42.1 Å². The highest BCUT2D eigenvalue weighted by Crippen LogP contribution is 2.15. The molecule has 106 valence electrons. The topological polar surface area (TPSA) is 57.3 Å². The number of nitrogens with zero attached hydrogens (tertiary/aromatic N) is 2. The van der Waals surface area contributed by atoms with Crippen molar-refractivity contribution in [1.29, 1.82) is 0 Å². The van der Waals surface area contributed by atoms with E-state index in [1.165, 1.54) is 37.3 Å². The lowest BCUT2D eigenvalue weighted by Crippen LogP contribution is -2.36. The first kappa shape index (κ1) is 14.3. The molecule has 0 aromatic carbocycles. The van der Waals surface area contributed by atoms with E-state index in [-0.39, 0.29) is 6.03 Å². The Labute approximate surface area is 118 Å². The molecule has 19 heavy (non-hydrogen) atoms. The maximum atomic E-state index is 11.5. The fraction of sp³-hybridized carbons (Fsp3) is 0.692. The van der Waals surface area contributed by atoms with E-state index in [9.17, 15) is 4.79 Å². The summed E-state index contributed by atoms with van der Waals surface area (Å²) in [6, 6.07) is -0.165. The number of amides is 2. The average Bonchev–Trinajstić information content (AvgIpc) is 2.89. The molecule has 2 heterocycles. The number of hydrogen-bond donors (Lipinski definition) is 2. The Bertz CT molecular complexity index is 374. The van der Waals surface area contributed by atoms with Crippen LogP contribution in [0.3, 0.4) is 0 Å². The molecule has 0 unspecified atom stereocenters. The number of rotatable bonds is 5. The standard InChI is InChI=1S/C13H22N4OS/c1-11-3-8-17(9-4-11)7-2-5-14-12(18)16-13-15-6-10-19-13/h6,10-11H,2-5,7-9H2,1H3,(H2,14,15,16,18). The highest BCUT2D eigenvalue weighted by Gasteiger charge is 2.14. The lowest BCUT2D eigenvalue weighted by molar-refractivity contribution is 0.190. The zero-order valence-corrected chi connectivity index (χ0v) is 12.2. The van der Waals surface area contributed by atoms with Crippen molar-refractivity contribution in [3.63, 3.8) is 0 Å². The smallest absolute Gasteiger partial charge is 0.321 e. The molecule has 0 spiro atoms. The monoisotopic (exact) mass is 282 g/mol. The molecule has 2 amide bonds. The summed E-state index contributed by atoms with van der Waals surface area (Å²) < 4.78 is 0. The summed E-state index contributed by atoms with van der Waals surface area (Å²) in [6.45, 7) is 6.51. The highest BCUT2D eigenvalue weighted by molar-refractivity contribution is 7.13. The minimum Gasteiger partial charge on any atom is -0.338 e. The molecule has 2 rings (SSSR count). The Hall–Kier alpha value is -1.14. The molecule has 1 aliphatic heterocycles. The van der Waals surface area contributed by atoms with Gasteiger partial charge in [-0.2, -0.15) is 0 Å². The van der Waals surface area contributed by atoms with Gasteiger partial charge in [0.05, 0.1) is 0 Å². The zero-order valence-electron chi connectivity index (χ0n) is 11.4. The molecular weight excluding hydrogens is 260 g/mol. The Morgan fingerprint density at radius 1 is 1.53 bits per heavy atom. The van der Waals surface area contributed by atoms with Gasteiger partial charge in [-0.15, -0.1) is 11.3 Å². The Morgan fingerprint density at radius 3 is 3.00 bits per heavy atom. The lowest BCUT2D eigenvalue weighted by atomic mass is 9.99. The van der Waals surface area contributed by atoms with Crippen LogP contribution in [0.25, 0.3) is 0 Å². The molecular formula is C13H22N4OS. The third kappa shape index (κ3) is 5.16. The quantitative estimate of drug-likeness (QED) is 0.815. The molecule has 1 aromatic rings. The molecule has 0 aliphatic carbocycles. The van der Waals surface area contributed by atoms with Crippen LogP contribution in [0, 0.1) is 5.92 Å². The minimum atomic E-state index is -0.165. The van der Waals surface area contributed by atoms with Crippen molar-refractivity contribution >= 4 is 22.5 Å². The summed E-state index contributed by atoms with van der Waals surface area (Å²) in [6.07, 6.45) is 5.28. The molecule has 0 saturated carbocycles. The van der Waals surface area contributed by atoms with Crippen molar-refractivity contribution in [2.45, 2.75) is 26.2 Å². The van der Waals surface area contributed by atoms with Crippen LogP contribution in [0.2, 0.25) is 0 Å². The number of piperidine rings is 1. The third-order valence-electron chi connectivity index (χ3n) is 3.47. The first-order valence-corrected chi connectivity index (χ1v) is 7.78. The summed E-state index contributed by atoms with van der Waals surface area (Å²) in [7, 11) is 0. The van der Waals surface area contributed by atoms with E-state index in [0.717, 1.165) is 18.9 Å². The van der Waals surface area contributed by atoms with Gasteiger partial charge in [0.1, 0.15) is 0 Å². The van der Waals surface area contributed by atoms with Crippen LogP contribution in [0.4, 0.5) is 9.93 Å². The Balaban J connectivity index is 1.53. The zero-order chi connectivity index (χ0) is 13.5. The fourth-order valence-corrected chi connectivity index (χ4v) is 2.74. The number of thiazole rings is 1. The number of hydrogen-bond acceptors (Lipinski definition) is 4. The molecule has 1 aliphatic rings. The van der Waals surface area contributed by atoms with Crippen molar-refractivity contribution in [3.05, 3.63) is 11.6 Å². The molecule has 6 heteroatoms. The summed E-state index contributed by atoms with van der Waals surface area (Å²) in [5.41, 5.74) is 0. The van der Waals surface area contributed by atoms with Gasteiger partial charge in [-0.25, -0.2) is 9.78 Å². The maximum Gasteiger partial charge on any atom is 0.321 e. The second-order valence-corrected chi connectivity index (χ2v) is 5.99. The van der Waals surface area contributed by atoms with E-state index < -0.39 is 0 Å². The molecule has 0 radical (unpaired) electrons. The molecule has 1 aromatic heterocycles. The second-order valence-electron chi connectivity index (χ2n) is 5.10. The molecule has 1 saturated heterocycles. The van der Waals surface area contributed by atoms with Gasteiger partial charge in [0.2, 0.25) is 0 Å². The Kier molecular flexibility index (Phi) is 5.60. The molecule has 0 atom stereocenters. The predicted molar refractivity (Wildman–Crippen MR) is 78.6 cm³/mol. The third-order valence-corrected chi connectivity index (χ3v) is 4.15. The van der Waals surface area contributed by atoms with E-state index >= 15 is 0 Å². The van der Waals surface area contributed by atoms with Crippen molar-refractivity contribution < 1.29 is 4.79 Å². The van der Waals surface area contributed by atoms with Gasteiger partial charge < -0.3 is 10.2 Å². The van der Waals surface area contributed by atoms with Crippen LogP contribution in [0.5, 0.6) is 0 Å². The summed E-state index contributed by atoms with van der Waals surface area (Å²) in [5, 5.41) is 8.05. The molecule has 1 fully saturated rings. The van der Waals surface area contributed by atoms with Gasteiger partial charge >= 0.3 is 6.03 Å². The highest BCUT2D eigenvalue weighted by atomic mass is 32.1. The summed E-state index contributed by atoms with van der Waals surface area (Å²) in [5.74, 6) is 0.874. The van der Waals surface area contributed by atoms with Crippen molar-refractivity contribution in [2.24, 2.45) is 5.92 Å². The van der Waals surface area contributed by atoms with Crippen molar-refractivity contribution in [1.82, 2.24) is 15.2 Å². The average molecular weight is 282 g/mol. The van der Waals surface area contributed by atoms with Gasteiger partial charge in [-0.05, 0) is 44.8 Å². The normalized spacial score (nSPS) is 17.3. The number of anilines is 1. The van der Waals surface area contributed by atoms with E-state index in [0.29, 0.717) is 11.7 Å². The minimum absolute atomic E-state index is 0.165. The Morgan fingerprint density at radius 2 is 2.32 bits per heavy atom. The van der Waals surface area contributed by atoms with E-state index in [1.54, 1.807) is 6.20 Å². The first-order chi connectivity index (χ1) is 9.24. The molecule has 5 nitrogen and oxygen atoms in total. The van der Waals surface area contributed by atoms with Gasteiger partial charge in [0.25, 0.3) is 0 Å². The number of carbonyl (C=O) groups is 1. The predicted octanol–water partition coefficient (Wildman–Crippen LogP) is 2.39. The fourth-order valence-electron chi connectivity index (χ4n) is 2.22. The van der Waals surface area contributed by atoms with E-state index in [4.69, 9.17) is 0 Å². The van der Waals surface area contributed by atoms with Crippen LogP contribution in [0.15, 0.2) is 11.6 Å².